The molecule has 1 saturated heterocycles. The molecule has 4 rings (SSSR count). The van der Waals surface area contributed by atoms with Gasteiger partial charge in [-0.3, -0.25) is 9.59 Å². The predicted octanol–water partition coefficient (Wildman–Crippen LogP) is 3.99. The van der Waals surface area contributed by atoms with E-state index in [1.165, 1.54) is 6.39 Å². The average Bonchev–Trinajstić information content (AvgIpc) is 3.33. The van der Waals surface area contributed by atoms with Crippen LogP contribution in [0.4, 0.5) is 11.4 Å². The van der Waals surface area contributed by atoms with Crippen LogP contribution < -0.4 is 10.2 Å². The Labute approximate surface area is 160 Å². The topological polar surface area (TPSA) is 75.4 Å². The maximum Gasteiger partial charge on any atom is 0.239 e. The lowest BCUT2D eigenvalue weighted by atomic mass is 10.1. The van der Waals surface area contributed by atoms with Crippen molar-refractivity contribution in [2.24, 2.45) is 5.92 Å². The zero-order valence-electron chi connectivity index (χ0n) is 14.3. The average molecular weight is 382 g/mol. The van der Waals surface area contributed by atoms with Gasteiger partial charge in [0.2, 0.25) is 11.8 Å². The first-order valence-corrected chi connectivity index (χ1v) is 8.86. The minimum Gasteiger partial charge on any atom is -0.444 e. The zero-order chi connectivity index (χ0) is 18.8. The molecule has 0 radical (unpaired) electrons. The third-order valence-electron chi connectivity index (χ3n) is 4.51. The Kier molecular flexibility index (Phi) is 4.64. The Bertz CT molecular complexity index is 970. The molecule has 1 atom stereocenters. The van der Waals surface area contributed by atoms with Crippen LogP contribution in [-0.4, -0.2) is 23.3 Å². The minimum absolute atomic E-state index is 0.207. The first kappa shape index (κ1) is 17.3. The van der Waals surface area contributed by atoms with Crippen molar-refractivity contribution in [3.8, 4) is 11.3 Å². The van der Waals surface area contributed by atoms with E-state index in [-0.39, 0.29) is 11.8 Å². The summed E-state index contributed by atoms with van der Waals surface area (Å²) in [5.41, 5.74) is 2.14. The molecular weight excluding hydrogens is 366 g/mol. The Balaban J connectivity index is 1.47. The highest BCUT2D eigenvalue weighted by Crippen LogP contribution is 2.28. The molecule has 2 aromatic carbocycles. The van der Waals surface area contributed by atoms with Crippen molar-refractivity contribution in [3.63, 3.8) is 0 Å². The number of nitrogens with zero attached hydrogens (tertiary/aromatic N) is 2. The SMILES string of the molecule is O=C(Nc1cccc(-c2cnco2)c1)C1CCN(c2ccc(Cl)cc2)C1=O. The molecule has 1 aromatic heterocycles. The van der Waals surface area contributed by atoms with Gasteiger partial charge < -0.3 is 14.6 Å². The number of hydrogen-bond donors (Lipinski definition) is 1. The highest BCUT2D eigenvalue weighted by molar-refractivity contribution is 6.30. The Hall–Kier alpha value is -3.12. The number of carbonyl (C=O) groups is 2. The molecule has 0 aliphatic carbocycles. The largest absolute Gasteiger partial charge is 0.444 e. The quantitative estimate of drug-likeness (QED) is 0.693. The van der Waals surface area contributed by atoms with Crippen molar-refractivity contribution in [1.82, 2.24) is 4.98 Å². The van der Waals surface area contributed by atoms with Gasteiger partial charge in [0.1, 0.15) is 5.92 Å². The smallest absolute Gasteiger partial charge is 0.239 e. The van der Waals surface area contributed by atoms with Crippen LogP contribution in [0.3, 0.4) is 0 Å². The zero-order valence-corrected chi connectivity index (χ0v) is 15.0. The van der Waals surface area contributed by atoms with Crippen LogP contribution >= 0.6 is 11.6 Å². The lowest BCUT2D eigenvalue weighted by molar-refractivity contribution is -0.129. The molecule has 7 heteroatoms. The molecule has 1 aliphatic heterocycles. The number of benzene rings is 2. The van der Waals surface area contributed by atoms with Gasteiger partial charge in [0.05, 0.1) is 6.20 Å². The number of hydrogen-bond acceptors (Lipinski definition) is 4. The van der Waals surface area contributed by atoms with Crippen molar-refractivity contribution in [2.75, 3.05) is 16.8 Å². The summed E-state index contributed by atoms with van der Waals surface area (Å²) in [6.07, 6.45) is 3.42. The van der Waals surface area contributed by atoms with Crippen molar-refractivity contribution in [3.05, 3.63) is 66.1 Å². The van der Waals surface area contributed by atoms with Crippen LogP contribution in [0.5, 0.6) is 0 Å². The molecular formula is C20H16ClN3O3. The van der Waals surface area contributed by atoms with E-state index in [1.807, 2.05) is 12.1 Å². The first-order chi connectivity index (χ1) is 13.1. The maximum absolute atomic E-state index is 12.7. The Morgan fingerprint density at radius 1 is 1.22 bits per heavy atom. The van der Waals surface area contributed by atoms with E-state index in [9.17, 15) is 9.59 Å². The summed E-state index contributed by atoms with van der Waals surface area (Å²) in [4.78, 5) is 30.8. The molecule has 6 nitrogen and oxygen atoms in total. The van der Waals surface area contributed by atoms with Crippen molar-refractivity contribution < 1.29 is 14.0 Å². The van der Waals surface area contributed by atoms with Crippen molar-refractivity contribution >= 4 is 34.8 Å². The fourth-order valence-corrected chi connectivity index (χ4v) is 3.26. The number of amides is 2. The van der Waals surface area contributed by atoms with Gasteiger partial charge in [-0.25, -0.2) is 4.98 Å². The Morgan fingerprint density at radius 2 is 2.04 bits per heavy atom. The van der Waals surface area contributed by atoms with Gasteiger partial charge in [-0.1, -0.05) is 23.7 Å². The van der Waals surface area contributed by atoms with Gasteiger partial charge in [0, 0.05) is 28.5 Å². The van der Waals surface area contributed by atoms with E-state index < -0.39 is 5.92 Å². The second kappa shape index (κ2) is 7.25. The van der Waals surface area contributed by atoms with E-state index in [0.29, 0.717) is 29.4 Å². The summed E-state index contributed by atoms with van der Waals surface area (Å²) < 4.78 is 5.27. The number of anilines is 2. The minimum atomic E-state index is -0.713. The molecule has 0 spiro atoms. The van der Waals surface area contributed by atoms with Crippen molar-refractivity contribution in [1.29, 1.82) is 0 Å². The van der Waals surface area contributed by atoms with E-state index in [1.54, 1.807) is 47.5 Å². The maximum atomic E-state index is 12.7. The van der Waals surface area contributed by atoms with Crippen molar-refractivity contribution in [2.45, 2.75) is 6.42 Å². The van der Waals surface area contributed by atoms with E-state index >= 15 is 0 Å². The first-order valence-electron chi connectivity index (χ1n) is 8.48. The number of rotatable bonds is 4. The van der Waals surface area contributed by atoms with Crippen LogP contribution in [0.15, 0.2) is 65.5 Å². The van der Waals surface area contributed by atoms with Gasteiger partial charge >= 0.3 is 0 Å². The molecule has 1 unspecified atom stereocenters. The highest BCUT2D eigenvalue weighted by Gasteiger charge is 2.37. The second-order valence-electron chi connectivity index (χ2n) is 6.24. The van der Waals surface area contributed by atoms with Crippen LogP contribution in [0.25, 0.3) is 11.3 Å². The molecule has 0 saturated carbocycles. The lowest BCUT2D eigenvalue weighted by Gasteiger charge is -2.17. The second-order valence-corrected chi connectivity index (χ2v) is 6.68. The number of halogens is 1. The molecule has 1 aliphatic rings. The number of carbonyl (C=O) groups excluding carboxylic acids is 2. The molecule has 136 valence electrons. The molecule has 1 N–H and O–H groups in total. The normalized spacial score (nSPS) is 16.6. The van der Waals surface area contributed by atoms with Crippen LogP contribution in [0.1, 0.15) is 6.42 Å². The summed E-state index contributed by atoms with van der Waals surface area (Å²) in [5.74, 6) is -0.626. The lowest BCUT2D eigenvalue weighted by Crippen LogP contribution is -2.33. The van der Waals surface area contributed by atoms with Gasteiger partial charge in [-0.05, 0) is 42.8 Å². The van der Waals surface area contributed by atoms with E-state index in [4.69, 9.17) is 16.0 Å². The summed E-state index contributed by atoms with van der Waals surface area (Å²) in [6.45, 7) is 0.497. The fourth-order valence-electron chi connectivity index (χ4n) is 3.14. The monoisotopic (exact) mass is 381 g/mol. The number of oxazole rings is 1. The summed E-state index contributed by atoms with van der Waals surface area (Å²) >= 11 is 5.90. The van der Waals surface area contributed by atoms with Gasteiger partial charge in [-0.15, -0.1) is 0 Å². The standard InChI is InChI=1S/C20H16ClN3O3/c21-14-4-6-16(7-5-14)24-9-8-17(20(24)26)19(25)23-15-3-1-2-13(10-15)18-11-22-12-27-18/h1-7,10-12,17H,8-9H2,(H,23,25). The predicted molar refractivity (Wildman–Crippen MR) is 102 cm³/mol. The summed E-state index contributed by atoms with van der Waals surface area (Å²) in [7, 11) is 0. The fraction of sp³-hybridized carbons (Fsp3) is 0.150. The summed E-state index contributed by atoms with van der Waals surface area (Å²) in [6, 6.07) is 14.2. The third-order valence-corrected chi connectivity index (χ3v) is 4.76. The van der Waals surface area contributed by atoms with Gasteiger partial charge in [-0.2, -0.15) is 0 Å². The third kappa shape index (κ3) is 3.57. The van der Waals surface area contributed by atoms with Gasteiger partial charge in [0.25, 0.3) is 0 Å². The Morgan fingerprint density at radius 3 is 2.78 bits per heavy atom. The summed E-state index contributed by atoms with van der Waals surface area (Å²) in [5, 5.41) is 3.43. The van der Waals surface area contributed by atoms with Crippen LogP contribution in [0.2, 0.25) is 5.02 Å². The number of nitrogens with one attached hydrogen (secondary N) is 1. The molecule has 1 fully saturated rings. The van der Waals surface area contributed by atoms with Crippen LogP contribution in [-0.2, 0) is 9.59 Å². The van der Waals surface area contributed by atoms with Gasteiger partial charge in [0.15, 0.2) is 12.2 Å². The number of aromatic nitrogens is 1. The molecule has 0 bridgehead atoms. The van der Waals surface area contributed by atoms with E-state index in [2.05, 4.69) is 10.3 Å². The molecule has 27 heavy (non-hydrogen) atoms. The van der Waals surface area contributed by atoms with Crippen LogP contribution in [0, 0.1) is 5.92 Å². The van der Waals surface area contributed by atoms with E-state index in [0.717, 1.165) is 11.3 Å². The molecule has 3 aromatic rings. The molecule has 2 amide bonds. The molecule has 2 heterocycles. The highest BCUT2D eigenvalue weighted by atomic mass is 35.5.